The van der Waals surface area contributed by atoms with Crippen molar-refractivity contribution in [2.45, 2.75) is 76.0 Å². The SMILES string of the molecule is CC(C)(C)OC(=O)CCCCC(O)C1=CC(N)C(C)(Cl)C=C1. The monoisotopic (exact) mass is 329 g/mol. The van der Waals surface area contributed by atoms with Crippen molar-refractivity contribution in [1.29, 1.82) is 0 Å². The fourth-order valence-electron chi connectivity index (χ4n) is 2.18. The van der Waals surface area contributed by atoms with E-state index in [4.69, 9.17) is 22.1 Å². The molecule has 5 heteroatoms. The average molecular weight is 330 g/mol. The summed E-state index contributed by atoms with van der Waals surface area (Å²) in [4.78, 5) is 11.0. The lowest BCUT2D eigenvalue weighted by molar-refractivity contribution is -0.154. The third kappa shape index (κ3) is 6.51. The molecule has 0 aliphatic heterocycles. The topological polar surface area (TPSA) is 72.5 Å². The van der Waals surface area contributed by atoms with Crippen LogP contribution in [0.3, 0.4) is 0 Å². The minimum absolute atomic E-state index is 0.196. The number of halogens is 1. The Morgan fingerprint density at radius 1 is 1.50 bits per heavy atom. The smallest absolute Gasteiger partial charge is 0.306 e. The predicted molar refractivity (Wildman–Crippen MR) is 89.8 cm³/mol. The number of hydrogen-bond donors (Lipinski definition) is 2. The lowest BCUT2D eigenvalue weighted by Gasteiger charge is -2.29. The van der Waals surface area contributed by atoms with Gasteiger partial charge in [-0.3, -0.25) is 4.79 Å². The molecular weight excluding hydrogens is 302 g/mol. The highest BCUT2D eigenvalue weighted by atomic mass is 35.5. The molecule has 3 N–H and O–H groups in total. The van der Waals surface area contributed by atoms with Crippen LogP contribution in [0.2, 0.25) is 0 Å². The van der Waals surface area contributed by atoms with E-state index in [9.17, 15) is 9.90 Å². The molecule has 0 fully saturated rings. The van der Waals surface area contributed by atoms with Crippen molar-refractivity contribution in [3.63, 3.8) is 0 Å². The highest BCUT2D eigenvalue weighted by molar-refractivity contribution is 6.25. The number of nitrogens with two attached hydrogens (primary N) is 1. The van der Waals surface area contributed by atoms with Gasteiger partial charge in [0.05, 0.1) is 11.0 Å². The van der Waals surface area contributed by atoms with E-state index >= 15 is 0 Å². The van der Waals surface area contributed by atoms with Crippen molar-refractivity contribution in [3.05, 3.63) is 23.8 Å². The van der Waals surface area contributed by atoms with Gasteiger partial charge in [0.1, 0.15) is 5.60 Å². The van der Waals surface area contributed by atoms with Crippen LogP contribution >= 0.6 is 11.6 Å². The summed E-state index contributed by atoms with van der Waals surface area (Å²) < 4.78 is 5.24. The van der Waals surface area contributed by atoms with Crippen LogP contribution in [0.4, 0.5) is 0 Å². The Morgan fingerprint density at radius 3 is 2.68 bits per heavy atom. The van der Waals surface area contributed by atoms with Crippen LogP contribution in [0.1, 0.15) is 53.4 Å². The molecule has 0 spiro atoms. The molecule has 4 nitrogen and oxygen atoms in total. The second kappa shape index (κ2) is 7.62. The van der Waals surface area contributed by atoms with Gasteiger partial charge in [-0.2, -0.15) is 0 Å². The van der Waals surface area contributed by atoms with Gasteiger partial charge < -0.3 is 15.6 Å². The molecule has 1 rings (SSSR count). The maximum atomic E-state index is 11.6. The second-order valence-corrected chi connectivity index (χ2v) is 7.84. The molecule has 0 aromatic rings. The van der Waals surface area contributed by atoms with Gasteiger partial charge in [0, 0.05) is 12.5 Å². The molecule has 0 amide bonds. The first kappa shape index (κ1) is 19.2. The van der Waals surface area contributed by atoms with E-state index in [0.717, 1.165) is 12.0 Å². The highest BCUT2D eigenvalue weighted by Gasteiger charge is 2.28. The first-order chi connectivity index (χ1) is 10.0. The van der Waals surface area contributed by atoms with E-state index in [1.165, 1.54) is 0 Å². The molecule has 22 heavy (non-hydrogen) atoms. The predicted octanol–water partition coefficient (Wildman–Crippen LogP) is 3.07. The molecule has 0 radical (unpaired) electrons. The number of ether oxygens (including phenoxy) is 1. The fourth-order valence-corrected chi connectivity index (χ4v) is 2.31. The first-order valence-electron chi connectivity index (χ1n) is 7.76. The number of alkyl halides is 1. The summed E-state index contributed by atoms with van der Waals surface area (Å²) >= 11 is 6.22. The number of aliphatic hydroxyl groups is 1. The van der Waals surface area contributed by atoms with Gasteiger partial charge >= 0.3 is 5.97 Å². The number of rotatable bonds is 6. The normalized spacial score (nSPS) is 26.5. The summed E-state index contributed by atoms with van der Waals surface area (Å²) in [5.74, 6) is -0.196. The van der Waals surface area contributed by atoms with Gasteiger partial charge in [-0.05, 0) is 52.5 Å². The van der Waals surface area contributed by atoms with Crippen molar-refractivity contribution in [2.24, 2.45) is 5.73 Å². The van der Waals surface area contributed by atoms with E-state index in [1.54, 1.807) is 0 Å². The minimum Gasteiger partial charge on any atom is -0.460 e. The van der Waals surface area contributed by atoms with E-state index in [0.29, 0.717) is 19.3 Å². The van der Waals surface area contributed by atoms with Gasteiger partial charge in [-0.25, -0.2) is 0 Å². The van der Waals surface area contributed by atoms with Crippen molar-refractivity contribution in [1.82, 2.24) is 0 Å². The molecular formula is C17H28ClNO3. The second-order valence-electron chi connectivity index (χ2n) is 7.03. The van der Waals surface area contributed by atoms with Gasteiger partial charge in [-0.15, -0.1) is 11.6 Å². The Hall–Kier alpha value is -0.840. The van der Waals surface area contributed by atoms with Crippen LogP contribution in [0.25, 0.3) is 0 Å². The molecule has 0 heterocycles. The van der Waals surface area contributed by atoms with E-state index in [1.807, 2.05) is 45.9 Å². The fraction of sp³-hybridized carbons (Fsp3) is 0.706. The number of carbonyl (C=O) groups is 1. The molecule has 0 aromatic carbocycles. The highest BCUT2D eigenvalue weighted by Crippen LogP contribution is 2.28. The van der Waals surface area contributed by atoms with Crippen molar-refractivity contribution < 1.29 is 14.6 Å². The van der Waals surface area contributed by atoms with Crippen LogP contribution < -0.4 is 5.73 Å². The van der Waals surface area contributed by atoms with Crippen molar-refractivity contribution in [3.8, 4) is 0 Å². The van der Waals surface area contributed by atoms with Crippen LogP contribution in [0, 0.1) is 0 Å². The number of hydrogen-bond acceptors (Lipinski definition) is 4. The van der Waals surface area contributed by atoms with Crippen LogP contribution in [-0.2, 0) is 9.53 Å². The number of unbranched alkanes of at least 4 members (excludes halogenated alkanes) is 1. The Kier molecular flexibility index (Phi) is 6.65. The Bertz CT molecular complexity index is 449. The van der Waals surface area contributed by atoms with Gasteiger partial charge in [0.25, 0.3) is 0 Å². The molecule has 1 aliphatic rings. The van der Waals surface area contributed by atoms with E-state index < -0.39 is 16.6 Å². The Balaban J connectivity index is 2.32. The summed E-state index contributed by atoms with van der Waals surface area (Å²) in [5.41, 5.74) is 6.31. The maximum absolute atomic E-state index is 11.6. The van der Waals surface area contributed by atoms with Crippen LogP contribution in [0.15, 0.2) is 23.8 Å². The van der Waals surface area contributed by atoms with Crippen LogP contribution in [-0.4, -0.2) is 33.7 Å². The summed E-state index contributed by atoms with van der Waals surface area (Å²) in [6.07, 6.45) is 7.29. The quantitative estimate of drug-likeness (QED) is 0.446. The molecule has 3 unspecified atom stereocenters. The molecule has 1 aliphatic carbocycles. The van der Waals surface area contributed by atoms with Crippen molar-refractivity contribution >= 4 is 17.6 Å². The molecule has 126 valence electrons. The zero-order chi connectivity index (χ0) is 17.0. The zero-order valence-electron chi connectivity index (χ0n) is 13.9. The molecule has 0 saturated carbocycles. The summed E-state index contributed by atoms with van der Waals surface area (Å²) in [5, 5.41) is 10.2. The largest absolute Gasteiger partial charge is 0.460 e. The van der Waals surface area contributed by atoms with E-state index in [2.05, 4.69) is 0 Å². The minimum atomic E-state index is -0.597. The third-order valence-corrected chi connectivity index (χ3v) is 3.92. The number of aliphatic hydroxyl groups excluding tert-OH is 1. The Labute approximate surface area is 138 Å². The number of esters is 1. The summed E-state index contributed by atoms with van der Waals surface area (Å²) in [6.45, 7) is 7.40. The molecule has 0 aromatic heterocycles. The number of carbonyl (C=O) groups excluding carboxylic acids is 1. The van der Waals surface area contributed by atoms with Crippen LogP contribution in [0.5, 0.6) is 0 Å². The maximum Gasteiger partial charge on any atom is 0.306 e. The van der Waals surface area contributed by atoms with Gasteiger partial charge in [0.15, 0.2) is 0 Å². The summed E-state index contributed by atoms with van der Waals surface area (Å²) in [7, 11) is 0. The van der Waals surface area contributed by atoms with Crippen molar-refractivity contribution in [2.75, 3.05) is 0 Å². The Morgan fingerprint density at radius 2 is 2.14 bits per heavy atom. The first-order valence-corrected chi connectivity index (χ1v) is 8.14. The lowest BCUT2D eigenvalue weighted by Crippen LogP contribution is -2.40. The zero-order valence-corrected chi connectivity index (χ0v) is 14.7. The molecule has 3 atom stereocenters. The van der Waals surface area contributed by atoms with Gasteiger partial charge in [0.2, 0.25) is 0 Å². The third-order valence-electron chi connectivity index (χ3n) is 3.54. The standard InChI is InChI=1S/C17H28ClNO3/c1-16(2,3)22-15(21)8-6-5-7-13(20)12-9-10-17(4,18)14(19)11-12/h9-11,13-14,20H,5-8,19H2,1-4H3. The van der Waals surface area contributed by atoms with E-state index in [-0.39, 0.29) is 12.0 Å². The summed E-state index contributed by atoms with van der Waals surface area (Å²) in [6, 6.07) is -0.314. The average Bonchev–Trinajstić information content (AvgIpc) is 2.35. The lowest BCUT2D eigenvalue weighted by atomic mass is 9.89. The molecule has 0 bridgehead atoms. The van der Waals surface area contributed by atoms with Gasteiger partial charge in [-0.1, -0.05) is 18.2 Å². The molecule has 0 saturated heterocycles.